The second-order valence-electron chi connectivity index (χ2n) is 7.46. The maximum Gasteiger partial charge on any atom is 0.257 e. The van der Waals surface area contributed by atoms with E-state index in [1.807, 2.05) is 12.1 Å². The predicted octanol–water partition coefficient (Wildman–Crippen LogP) is 2.87. The molecule has 29 heavy (non-hydrogen) atoms. The average molecular weight is 414 g/mol. The molecule has 0 unspecified atom stereocenters. The molecule has 2 aliphatic rings. The third-order valence-corrected chi connectivity index (χ3v) is 5.64. The number of likely N-dealkylation sites (N-methyl/N-ethyl adjacent to an activating group) is 1. The Bertz CT molecular complexity index is 910. The van der Waals surface area contributed by atoms with E-state index in [2.05, 4.69) is 27.1 Å². The first-order valence-electron chi connectivity index (χ1n) is 9.82. The van der Waals surface area contributed by atoms with Crippen LogP contribution in [-0.2, 0) is 4.79 Å². The first-order valence-corrected chi connectivity index (χ1v) is 10.2. The number of hydrogen-bond donors (Lipinski definition) is 1. The molecule has 0 bridgehead atoms. The number of carbonyl (C=O) groups is 2. The topological polar surface area (TPSA) is 68.8 Å². The first-order chi connectivity index (χ1) is 14.0. The zero-order valence-electron chi connectivity index (χ0n) is 16.4. The molecule has 0 radical (unpaired) electrons. The van der Waals surface area contributed by atoms with Crippen molar-refractivity contribution in [1.29, 1.82) is 0 Å². The van der Waals surface area contributed by atoms with Crippen LogP contribution in [0.15, 0.2) is 36.5 Å². The van der Waals surface area contributed by atoms with Crippen LogP contribution in [0.4, 0.5) is 17.2 Å². The number of aromatic nitrogens is 1. The Balaban J connectivity index is 1.49. The number of hydrogen-bond acceptors (Lipinski definition) is 5. The molecule has 2 saturated heterocycles. The van der Waals surface area contributed by atoms with Crippen molar-refractivity contribution < 1.29 is 9.59 Å². The van der Waals surface area contributed by atoms with Gasteiger partial charge in [0, 0.05) is 44.2 Å². The van der Waals surface area contributed by atoms with E-state index in [1.165, 1.54) is 0 Å². The third-order valence-electron chi connectivity index (χ3n) is 5.40. The summed E-state index contributed by atoms with van der Waals surface area (Å²) in [5.74, 6) is 0.635. The van der Waals surface area contributed by atoms with Crippen LogP contribution in [0.5, 0.6) is 0 Å². The van der Waals surface area contributed by atoms with Crippen molar-refractivity contribution in [1.82, 2.24) is 9.88 Å². The fourth-order valence-electron chi connectivity index (χ4n) is 3.70. The molecule has 0 atom stereocenters. The lowest BCUT2D eigenvalue weighted by Crippen LogP contribution is -2.44. The minimum atomic E-state index is -0.287. The second kappa shape index (κ2) is 8.39. The molecule has 2 amide bonds. The van der Waals surface area contributed by atoms with Crippen LogP contribution in [0.3, 0.4) is 0 Å². The van der Waals surface area contributed by atoms with Crippen LogP contribution in [-0.4, -0.2) is 61.5 Å². The molecular formula is C21H24ClN5O2. The van der Waals surface area contributed by atoms with Crippen LogP contribution in [0.25, 0.3) is 0 Å². The van der Waals surface area contributed by atoms with Gasteiger partial charge in [-0.3, -0.25) is 9.59 Å². The van der Waals surface area contributed by atoms with Gasteiger partial charge in [0.1, 0.15) is 5.82 Å². The van der Waals surface area contributed by atoms with Crippen molar-refractivity contribution in [3.8, 4) is 0 Å². The molecular weight excluding hydrogens is 390 g/mol. The van der Waals surface area contributed by atoms with Gasteiger partial charge in [-0.05, 0) is 43.8 Å². The van der Waals surface area contributed by atoms with Gasteiger partial charge in [-0.15, -0.1) is 0 Å². The predicted molar refractivity (Wildman–Crippen MR) is 115 cm³/mol. The summed E-state index contributed by atoms with van der Waals surface area (Å²) >= 11 is 6.12. The molecule has 4 rings (SSSR count). The molecule has 0 aliphatic carbocycles. The smallest absolute Gasteiger partial charge is 0.257 e. The zero-order chi connectivity index (χ0) is 20.4. The van der Waals surface area contributed by atoms with Gasteiger partial charge >= 0.3 is 0 Å². The van der Waals surface area contributed by atoms with Gasteiger partial charge < -0.3 is 20.0 Å². The summed E-state index contributed by atoms with van der Waals surface area (Å²) in [5, 5.41) is 3.38. The summed E-state index contributed by atoms with van der Waals surface area (Å²) < 4.78 is 0. The van der Waals surface area contributed by atoms with Gasteiger partial charge in [-0.25, -0.2) is 4.98 Å². The fraction of sp³-hybridized carbons (Fsp3) is 0.381. The number of nitrogens with one attached hydrogen (secondary N) is 1. The summed E-state index contributed by atoms with van der Waals surface area (Å²) in [6.45, 7) is 4.49. The number of piperazine rings is 1. The summed E-state index contributed by atoms with van der Waals surface area (Å²) in [6.07, 6.45) is 2.94. The standard InChI is InChI=1S/C21H24ClN5O2/c1-25-9-11-26(12-10-25)19-7-5-16(14-23-19)24-21(29)17-6-4-15(22)13-18(17)27-8-2-3-20(27)28/h4-7,13-14H,2-3,8-12H2,1H3,(H,24,29). The van der Waals surface area contributed by atoms with Crippen molar-refractivity contribution in [2.24, 2.45) is 0 Å². The minimum absolute atomic E-state index is 0.0134. The quantitative estimate of drug-likeness (QED) is 0.834. The Morgan fingerprint density at radius 1 is 1.10 bits per heavy atom. The van der Waals surface area contributed by atoms with Crippen molar-refractivity contribution in [3.63, 3.8) is 0 Å². The van der Waals surface area contributed by atoms with Crippen LogP contribution in [0.2, 0.25) is 5.02 Å². The van der Waals surface area contributed by atoms with Gasteiger partial charge in [-0.2, -0.15) is 0 Å². The lowest BCUT2D eigenvalue weighted by atomic mass is 10.1. The molecule has 7 nitrogen and oxygen atoms in total. The van der Waals surface area contributed by atoms with Gasteiger partial charge in [0.05, 0.1) is 23.1 Å². The highest BCUT2D eigenvalue weighted by molar-refractivity contribution is 6.31. The Morgan fingerprint density at radius 2 is 1.90 bits per heavy atom. The van der Waals surface area contributed by atoms with Crippen molar-refractivity contribution >= 4 is 40.6 Å². The number of halogens is 1. The molecule has 0 spiro atoms. The molecule has 0 saturated carbocycles. The number of carbonyl (C=O) groups excluding carboxylic acids is 2. The van der Waals surface area contributed by atoms with Gasteiger partial charge in [-0.1, -0.05) is 11.6 Å². The Kier molecular flexibility index (Phi) is 5.69. The maximum atomic E-state index is 12.9. The molecule has 1 aromatic heterocycles. The zero-order valence-corrected chi connectivity index (χ0v) is 17.2. The van der Waals surface area contributed by atoms with E-state index in [0.717, 1.165) is 38.4 Å². The molecule has 2 fully saturated rings. The Morgan fingerprint density at radius 3 is 2.55 bits per heavy atom. The van der Waals surface area contributed by atoms with Crippen LogP contribution in [0, 0.1) is 0 Å². The number of nitrogens with zero attached hydrogens (tertiary/aromatic N) is 4. The number of pyridine rings is 1. The van der Waals surface area contributed by atoms with Crippen molar-refractivity contribution in [3.05, 3.63) is 47.1 Å². The monoisotopic (exact) mass is 413 g/mol. The lowest BCUT2D eigenvalue weighted by Gasteiger charge is -2.33. The Hall–Kier alpha value is -2.64. The van der Waals surface area contributed by atoms with Gasteiger partial charge in [0.2, 0.25) is 5.91 Å². The summed E-state index contributed by atoms with van der Waals surface area (Å²) in [5.41, 5.74) is 1.59. The Labute approximate surface area is 175 Å². The van der Waals surface area contributed by atoms with E-state index < -0.39 is 0 Å². The molecule has 2 aromatic rings. The first kappa shape index (κ1) is 19.7. The maximum absolute atomic E-state index is 12.9. The molecule has 1 aromatic carbocycles. The lowest BCUT2D eigenvalue weighted by molar-refractivity contribution is -0.117. The molecule has 1 N–H and O–H groups in total. The van der Waals surface area contributed by atoms with Gasteiger partial charge in [0.15, 0.2) is 0 Å². The largest absolute Gasteiger partial charge is 0.354 e. The van der Waals surface area contributed by atoms with E-state index in [1.54, 1.807) is 29.3 Å². The highest BCUT2D eigenvalue weighted by atomic mass is 35.5. The van der Waals surface area contributed by atoms with Crippen LogP contribution >= 0.6 is 11.6 Å². The van der Waals surface area contributed by atoms with Crippen LogP contribution in [0.1, 0.15) is 23.2 Å². The normalized spacial score (nSPS) is 17.7. The minimum Gasteiger partial charge on any atom is -0.354 e. The second-order valence-corrected chi connectivity index (χ2v) is 7.90. The summed E-state index contributed by atoms with van der Waals surface area (Å²) in [6, 6.07) is 8.77. The van der Waals surface area contributed by atoms with E-state index >= 15 is 0 Å². The summed E-state index contributed by atoms with van der Waals surface area (Å²) in [4.78, 5) is 35.7. The number of amides is 2. The molecule has 152 valence electrons. The van der Waals surface area contributed by atoms with E-state index in [0.29, 0.717) is 34.9 Å². The van der Waals surface area contributed by atoms with Crippen molar-refractivity contribution in [2.75, 3.05) is 54.9 Å². The number of anilines is 3. The van der Waals surface area contributed by atoms with E-state index in [9.17, 15) is 9.59 Å². The molecule has 8 heteroatoms. The summed E-state index contributed by atoms with van der Waals surface area (Å²) in [7, 11) is 2.12. The molecule has 3 heterocycles. The van der Waals surface area contributed by atoms with Crippen molar-refractivity contribution in [2.45, 2.75) is 12.8 Å². The highest BCUT2D eigenvalue weighted by Crippen LogP contribution is 2.29. The number of benzene rings is 1. The van der Waals surface area contributed by atoms with Crippen LogP contribution < -0.4 is 15.1 Å². The fourth-order valence-corrected chi connectivity index (χ4v) is 3.87. The van der Waals surface area contributed by atoms with E-state index in [4.69, 9.17) is 11.6 Å². The average Bonchev–Trinajstić information content (AvgIpc) is 3.15. The number of rotatable bonds is 4. The SMILES string of the molecule is CN1CCN(c2ccc(NC(=O)c3ccc(Cl)cc3N3CCCC3=O)cn2)CC1. The highest BCUT2D eigenvalue weighted by Gasteiger charge is 2.26. The third kappa shape index (κ3) is 4.36. The van der Waals surface area contributed by atoms with E-state index in [-0.39, 0.29) is 11.8 Å². The van der Waals surface area contributed by atoms with Gasteiger partial charge in [0.25, 0.3) is 5.91 Å². The molecule has 2 aliphatic heterocycles.